The summed E-state index contributed by atoms with van der Waals surface area (Å²) in [5.74, 6) is -0.586. The van der Waals surface area contributed by atoms with E-state index < -0.39 is 5.97 Å². The molecule has 22 heavy (non-hydrogen) atoms. The molecule has 1 rings (SSSR count). The SMILES string of the molecule is CCOC(=O)C(CCC(OC(C)C)c1ccc(C)cc1)=NO. The van der Waals surface area contributed by atoms with E-state index in [1.165, 1.54) is 5.56 Å². The Morgan fingerprint density at radius 3 is 2.41 bits per heavy atom. The van der Waals surface area contributed by atoms with Crippen molar-refractivity contribution in [3.8, 4) is 0 Å². The Labute approximate surface area is 131 Å². The maximum absolute atomic E-state index is 11.6. The molecule has 1 aromatic carbocycles. The summed E-state index contributed by atoms with van der Waals surface area (Å²) in [4.78, 5) is 11.6. The van der Waals surface area contributed by atoms with E-state index >= 15 is 0 Å². The lowest BCUT2D eigenvalue weighted by Gasteiger charge is -2.21. The van der Waals surface area contributed by atoms with Crippen LogP contribution in [0.2, 0.25) is 0 Å². The Morgan fingerprint density at radius 1 is 1.27 bits per heavy atom. The van der Waals surface area contributed by atoms with Crippen LogP contribution in [0.5, 0.6) is 0 Å². The van der Waals surface area contributed by atoms with Crippen LogP contribution in [-0.4, -0.2) is 29.6 Å². The van der Waals surface area contributed by atoms with Gasteiger partial charge in [-0.1, -0.05) is 35.0 Å². The molecule has 1 N–H and O–H groups in total. The van der Waals surface area contributed by atoms with Crippen LogP contribution < -0.4 is 0 Å². The number of ether oxygens (including phenoxy) is 2. The van der Waals surface area contributed by atoms with Gasteiger partial charge < -0.3 is 14.7 Å². The highest BCUT2D eigenvalue weighted by atomic mass is 16.5. The van der Waals surface area contributed by atoms with Gasteiger partial charge in [0.15, 0.2) is 5.71 Å². The molecule has 0 amide bonds. The lowest BCUT2D eigenvalue weighted by Crippen LogP contribution is -2.20. The number of benzene rings is 1. The van der Waals surface area contributed by atoms with E-state index in [4.69, 9.17) is 14.7 Å². The number of aryl methyl sites for hydroxylation is 1. The molecule has 0 fully saturated rings. The van der Waals surface area contributed by atoms with E-state index in [-0.39, 0.29) is 24.5 Å². The summed E-state index contributed by atoms with van der Waals surface area (Å²) < 4.78 is 10.8. The monoisotopic (exact) mass is 307 g/mol. The van der Waals surface area contributed by atoms with Crippen molar-refractivity contribution in [3.63, 3.8) is 0 Å². The standard InChI is InChI=1S/C17H25NO4/c1-5-21-17(19)15(18-20)10-11-16(22-12(2)3)14-8-6-13(4)7-9-14/h6-9,12,16,20H,5,10-11H2,1-4H3. The molecule has 0 aliphatic rings. The Kier molecular flexibility index (Phi) is 7.60. The largest absolute Gasteiger partial charge is 0.461 e. The van der Waals surface area contributed by atoms with Crippen LogP contribution in [0.4, 0.5) is 0 Å². The van der Waals surface area contributed by atoms with Crippen LogP contribution in [0, 0.1) is 6.92 Å². The lowest BCUT2D eigenvalue weighted by molar-refractivity contribution is -0.135. The summed E-state index contributed by atoms with van der Waals surface area (Å²) in [5.41, 5.74) is 2.24. The molecule has 122 valence electrons. The summed E-state index contributed by atoms with van der Waals surface area (Å²) in [6.07, 6.45) is 0.732. The number of oxime groups is 1. The molecule has 0 aliphatic carbocycles. The fraction of sp³-hybridized carbons (Fsp3) is 0.529. The summed E-state index contributed by atoms with van der Waals surface area (Å²) >= 11 is 0. The second-order valence-electron chi connectivity index (χ2n) is 5.39. The van der Waals surface area contributed by atoms with E-state index in [1.54, 1.807) is 6.92 Å². The molecule has 1 atom stereocenters. The molecular formula is C17H25NO4. The van der Waals surface area contributed by atoms with Gasteiger partial charge in [-0.25, -0.2) is 4.79 Å². The first-order valence-corrected chi connectivity index (χ1v) is 7.58. The molecule has 0 saturated heterocycles. The van der Waals surface area contributed by atoms with Crippen molar-refractivity contribution in [2.45, 2.75) is 52.7 Å². The molecule has 0 spiro atoms. The summed E-state index contributed by atoms with van der Waals surface area (Å²) in [7, 11) is 0. The molecular weight excluding hydrogens is 282 g/mol. The van der Waals surface area contributed by atoms with Gasteiger partial charge in [0.05, 0.1) is 18.8 Å². The van der Waals surface area contributed by atoms with Gasteiger partial charge in [-0.05, 0) is 39.7 Å². The lowest BCUT2D eigenvalue weighted by atomic mass is 10.0. The van der Waals surface area contributed by atoms with E-state index in [1.807, 2.05) is 45.0 Å². The Bertz CT molecular complexity index is 494. The zero-order valence-corrected chi connectivity index (χ0v) is 13.7. The third-order valence-electron chi connectivity index (χ3n) is 3.16. The minimum Gasteiger partial charge on any atom is -0.461 e. The van der Waals surface area contributed by atoms with Crippen molar-refractivity contribution in [2.24, 2.45) is 5.16 Å². The fourth-order valence-electron chi connectivity index (χ4n) is 2.10. The van der Waals surface area contributed by atoms with E-state index in [0.717, 1.165) is 5.56 Å². The Morgan fingerprint density at radius 2 is 1.91 bits per heavy atom. The number of carbonyl (C=O) groups excluding carboxylic acids is 1. The molecule has 0 aromatic heterocycles. The highest BCUT2D eigenvalue weighted by Crippen LogP contribution is 2.25. The van der Waals surface area contributed by atoms with Crippen LogP contribution in [-0.2, 0) is 14.3 Å². The average molecular weight is 307 g/mol. The van der Waals surface area contributed by atoms with Gasteiger partial charge in [-0.2, -0.15) is 0 Å². The number of rotatable bonds is 8. The van der Waals surface area contributed by atoms with Crippen molar-refractivity contribution in [2.75, 3.05) is 6.61 Å². The minimum absolute atomic E-state index is 0.0197. The number of nitrogens with zero attached hydrogens (tertiary/aromatic N) is 1. The van der Waals surface area contributed by atoms with Gasteiger partial charge in [-0.15, -0.1) is 0 Å². The average Bonchev–Trinajstić information content (AvgIpc) is 2.47. The van der Waals surface area contributed by atoms with Gasteiger partial charge >= 0.3 is 5.97 Å². The predicted molar refractivity (Wildman–Crippen MR) is 85.2 cm³/mol. The Balaban J connectivity index is 2.77. The third-order valence-corrected chi connectivity index (χ3v) is 3.16. The van der Waals surface area contributed by atoms with Gasteiger partial charge in [0, 0.05) is 6.42 Å². The quantitative estimate of drug-likeness (QED) is 0.344. The molecule has 1 aromatic rings. The molecule has 5 nitrogen and oxygen atoms in total. The second-order valence-corrected chi connectivity index (χ2v) is 5.39. The van der Waals surface area contributed by atoms with Crippen LogP contribution >= 0.6 is 0 Å². The number of carbonyl (C=O) groups is 1. The zero-order chi connectivity index (χ0) is 16.5. The van der Waals surface area contributed by atoms with Crippen molar-refractivity contribution in [1.29, 1.82) is 0 Å². The molecule has 0 bridgehead atoms. The molecule has 0 radical (unpaired) electrons. The maximum Gasteiger partial charge on any atom is 0.356 e. The number of hydrogen-bond acceptors (Lipinski definition) is 5. The van der Waals surface area contributed by atoms with Gasteiger partial charge in [0.25, 0.3) is 0 Å². The van der Waals surface area contributed by atoms with Crippen LogP contribution in [0.15, 0.2) is 29.4 Å². The smallest absolute Gasteiger partial charge is 0.356 e. The molecule has 0 saturated carbocycles. The first kappa shape index (κ1) is 18.2. The van der Waals surface area contributed by atoms with Gasteiger partial charge in [0.1, 0.15) is 0 Å². The van der Waals surface area contributed by atoms with Crippen LogP contribution in [0.1, 0.15) is 50.8 Å². The predicted octanol–water partition coefficient (Wildman–Crippen LogP) is 3.63. The van der Waals surface area contributed by atoms with Crippen molar-refractivity contribution in [1.82, 2.24) is 0 Å². The van der Waals surface area contributed by atoms with E-state index in [2.05, 4.69) is 5.16 Å². The number of esters is 1. The van der Waals surface area contributed by atoms with Crippen molar-refractivity contribution >= 4 is 11.7 Å². The normalized spacial score (nSPS) is 13.2. The fourth-order valence-corrected chi connectivity index (χ4v) is 2.10. The summed E-state index contributed by atoms with van der Waals surface area (Å²) in [5, 5.41) is 12.0. The minimum atomic E-state index is -0.586. The van der Waals surface area contributed by atoms with Crippen LogP contribution in [0.25, 0.3) is 0 Å². The summed E-state index contributed by atoms with van der Waals surface area (Å²) in [6, 6.07) is 8.09. The van der Waals surface area contributed by atoms with Crippen molar-refractivity contribution < 1.29 is 19.5 Å². The topological polar surface area (TPSA) is 68.1 Å². The highest BCUT2D eigenvalue weighted by molar-refractivity contribution is 6.36. The molecule has 0 heterocycles. The van der Waals surface area contributed by atoms with Gasteiger partial charge in [-0.3, -0.25) is 0 Å². The third kappa shape index (κ3) is 5.85. The second kappa shape index (κ2) is 9.20. The molecule has 5 heteroatoms. The maximum atomic E-state index is 11.6. The first-order valence-electron chi connectivity index (χ1n) is 7.58. The number of hydrogen-bond donors (Lipinski definition) is 1. The van der Waals surface area contributed by atoms with Crippen LogP contribution in [0.3, 0.4) is 0 Å². The van der Waals surface area contributed by atoms with Gasteiger partial charge in [0.2, 0.25) is 0 Å². The Hall–Kier alpha value is -1.88. The van der Waals surface area contributed by atoms with Crippen molar-refractivity contribution in [3.05, 3.63) is 35.4 Å². The van der Waals surface area contributed by atoms with E-state index in [0.29, 0.717) is 12.8 Å². The highest BCUT2D eigenvalue weighted by Gasteiger charge is 2.19. The molecule has 1 unspecified atom stereocenters. The summed E-state index contributed by atoms with van der Waals surface area (Å²) in [6.45, 7) is 7.92. The molecule has 0 aliphatic heterocycles. The first-order chi connectivity index (χ1) is 10.5. The van der Waals surface area contributed by atoms with E-state index in [9.17, 15) is 4.79 Å². The zero-order valence-electron chi connectivity index (χ0n) is 13.7.